The summed E-state index contributed by atoms with van der Waals surface area (Å²) in [6, 6.07) is 5.19. The molecule has 0 fully saturated rings. The molecule has 0 saturated carbocycles. The van der Waals surface area contributed by atoms with Gasteiger partial charge in [-0.3, -0.25) is 14.8 Å². The van der Waals surface area contributed by atoms with Crippen LogP contribution in [0.4, 0.5) is 5.69 Å². The van der Waals surface area contributed by atoms with E-state index in [4.69, 9.17) is 11.6 Å². The van der Waals surface area contributed by atoms with E-state index < -0.39 is 0 Å². The number of rotatable bonds is 2. The highest BCUT2D eigenvalue weighted by atomic mass is 35.5. The first-order valence-corrected chi connectivity index (χ1v) is 5.77. The standard InChI is InChI=1S/C13H12ClN3O/c1-9-7-12(14)11(8-16-9)13(18)17(2)10-3-5-15-6-4-10/h3-8H,1-2H3. The molecule has 5 heteroatoms. The summed E-state index contributed by atoms with van der Waals surface area (Å²) in [6.07, 6.45) is 4.76. The molecule has 0 atom stereocenters. The van der Waals surface area contributed by atoms with Crippen molar-refractivity contribution in [3.63, 3.8) is 0 Å². The molecule has 0 bridgehead atoms. The van der Waals surface area contributed by atoms with E-state index in [0.29, 0.717) is 10.6 Å². The fraction of sp³-hybridized carbons (Fsp3) is 0.154. The number of aromatic nitrogens is 2. The monoisotopic (exact) mass is 261 g/mol. The van der Waals surface area contributed by atoms with Gasteiger partial charge in [-0.2, -0.15) is 0 Å². The van der Waals surface area contributed by atoms with Gasteiger partial charge in [-0.25, -0.2) is 0 Å². The number of nitrogens with zero attached hydrogens (tertiary/aromatic N) is 3. The molecule has 18 heavy (non-hydrogen) atoms. The zero-order chi connectivity index (χ0) is 13.1. The van der Waals surface area contributed by atoms with Gasteiger partial charge in [0.2, 0.25) is 0 Å². The van der Waals surface area contributed by atoms with Crippen LogP contribution in [-0.4, -0.2) is 22.9 Å². The molecular formula is C13H12ClN3O. The Labute approximate surface area is 110 Å². The van der Waals surface area contributed by atoms with Gasteiger partial charge in [0.25, 0.3) is 5.91 Å². The van der Waals surface area contributed by atoms with Gasteiger partial charge >= 0.3 is 0 Å². The van der Waals surface area contributed by atoms with Crippen molar-refractivity contribution in [2.45, 2.75) is 6.92 Å². The quantitative estimate of drug-likeness (QED) is 0.835. The highest BCUT2D eigenvalue weighted by Gasteiger charge is 2.16. The SMILES string of the molecule is Cc1cc(Cl)c(C(=O)N(C)c2ccncc2)cn1. The highest BCUT2D eigenvalue weighted by Crippen LogP contribution is 2.20. The molecule has 92 valence electrons. The fourth-order valence-corrected chi connectivity index (χ4v) is 1.84. The molecule has 0 aliphatic carbocycles. The average Bonchev–Trinajstić information content (AvgIpc) is 2.38. The van der Waals surface area contributed by atoms with Crippen molar-refractivity contribution in [2.75, 3.05) is 11.9 Å². The van der Waals surface area contributed by atoms with Crippen molar-refractivity contribution in [3.05, 3.63) is 53.1 Å². The van der Waals surface area contributed by atoms with E-state index in [0.717, 1.165) is 11.4 Å². The molecular weight excluding hydrogens is 250 g/mol. The van der Waals surface area contributed by atoms with Gasteiger partial charge in [-0.1, -0.05) is 11.6 Å². The number of carbonyl (C=O) groups is 1. The Kier molecular flexibility index (Phi) is 3.58. The number of hydrogen-bond donors (Lipinski definition) is 0. The van der Waals surface area contributed by atoms with Gasteiger partial charge in [0.05, 0.1) is 10.6 Å². The number of pyridine rings is 2. The number of hydrogen-bond acceptors (Lipinski definition) is 3. The van der Waals surface area contributed by atoms with Crippen molar-refractivity contribution in [1.82, 2.24) is 9.97 Å². The van der Waals surface area contributed by atoms with E-state index in [2.05, 4.69) is 9.97 Å². The third kappa shape index (κ3) is 2.49. The minimum absolute atomic E-state index is 0.196. The van der Waals surface area contributed by atoms with Crippen LogP contribution in [0.25, 0.3) is 0 Å². The summed E-state index contributed by atoms with van der Waals surface area (Å²) in [4.78, 5) is 21.8. The van der Waals surface area contributed by atoms with Crippen LogP contribution in [0.3, 0.4) is 0 Å². The molecule has 0 radical (unpaired) electrons. The lowest BCUT2D eigenvalue weighted by molar-refractivity contribution is 0.0993. The van der Waals surface area contributed by atoms with Crippen LogP contribution in [0, 0.1) is 6.92 Å². The predicted molar refractivity (Wildman–Crippen MR) is 71.0 cm³/mol. The molecule has 2 heterocycles. The summed E-state index contributed by atoms with van der Waals surface area (Å²) in [6.45, 7) is 1.83. The Bertz CT molecular complexity index is 572. The first-order valence-electron chi connectivity index (χ1n) is 5.40. The van der Waals surface area contributed by atoms with Gasteiger partial charge in [-0.15, -0.1) is 0 Å². The third-order valence-electron chi connectivity index (χ3n) is 2.58. The lowest BCUT2D eigenvalue weighted by Crippen LogP contribution is -2.26. The summed E-state index contributed by atoms with van der Waals surface area (Å²) in [5.74, 6) is -0.196. The molecule has 0 aliphatic rings. The van der Waals surface area contributed by atoms with Gasteiger partial charge in [0, 0.05) is 37.0 Å². The van der Waals surface area contributed by atoms with E-state index in [-0.39, 0.29) is 5.91 Å². The summed E-state index contributed by atoms with van der Waals surface area (Å²) in [5.41, 5.74) is 1.93. The molecule has 2 rings (SSSR count). The first-order chi connectivity index (χ1) is 8.59. The largest absolute Gasteiger partial charge is 0.311 e. The van der Waals surface area contributed by atoms with Crippen LogP contribution in [0.5, 0.6) is 0 Å². The molecule has 0 saturated heterocycles. The Balaban J connectivity index is 2.32. The van der Waals surface area contributed by atoms with Gasteiger partial charge < -0.3 is 4.90 Å². The number of amides is 1. The van der Waals surface area contributed by atoms with Crippen LogP contribution >= 0.6 is 11.6 Å². The van der Waals surface area contributed by atoms with Crippen molar-refractivity contribution < 1.29 is 4.79 Å². The van der Waals surface area contributed by atoms with Gasteiger partial charge in [0.15, 0.2) is 0 Å². The summed E-state index contributed by atoms with van der Waals surface area (Å²) < 4.78 is 0. The number of carbonyl (C=O) groups excluding carboxylic acids is 1. The smallest absolute Gasteiger partial charge is 0.261 e. The minimum Gasteiger partial charge on any atom is -0.311 e. The van der Waals surface area contributed by atoms with Crippen molar-refractivity contribution in [1.29, 1.82) is 0 Å². The average molecular weight is 262 g/mol. The molecule has 0 aliphatic heterocycles. The Morgan fingerprint density at radius 1 is 1.33 bits per heavy atom. The van der Waals surface area contributed by atoms with E-state index in [1.54, 1.807) is 37.6 Å². The maximum Gasteiger partial charge on any atom is 0.261 e. The molecule has 0 unspecified atom stereocenters. The molecule has 0 N–H and O–H groups in total. The zero-order valence-corrected chi connectivity index (χ0v) is 10.8. The molecule has 0 aromatic carbocycles. The summed E-state index contributed by atoms with van der Waals surface area (Å²) in [5, 5.41) is 0.411. The maximum absolute atomic E-state index is 12.3. The number of halogens is 1. The van der Waals surface area contributed by atoms with E-state index in [1.165, 1.54) is 11.1 Å². The molecule has 4 nitrogen and oxygen atoms in total. The number of anilines is 1. The molecule has 2 aromatic heterocycles. The van der Waals surface area contributed by atoms with Crippen LogP contribution in [0.2, 0.25) is 5.02 Å². The lowest BCUT2D eigenvalue weighted by Gasteiger charge is -2.17. The van der Waals surface area contributed by atoms with Crippen molar-refractivity contribution >= 4 is 23.2 Å². The Morgan fingerprint density at radius 2 is 2.00 bits per heavy atom. The Hall–Kier alpha value is -1.94. The van der Waals surface area contributed by atoms with Gasteiger partial charge in [-0.05, 0) is 25.1 Å². The molecule has 2 aromatic rings. The zero-order valence-electron chi connectivity index (χ0n) is 10.1. The summed E-state index contributed by atoms with van der Waals surface area (Å²) >= 11 is 6.06. The van der Waals surface area contributed by atoms with E-state index in [1.807, 2.05) is 6.92 Å². The molecule has 0 spiro atoms. The van der Waals surface area contributed by atoms with E-state index >= 15 is 0 Å². The fourth-order valence-electron chi connectivity index (χ4n) is 1.55. The lowest BCUT2D eigenvalue weighted by atomic mass is 10.2. The topological polar surface area (TPSA) is 46.1 Å². The first kappa shape index (κ1) is 12.5. The van der Waals surface area contributed by atoms with E-state index in [9.17, 15) is 4.79 Å². The second-order valence-electron chi connectivity index (χ2n) is 3.88. The van der Waals surface area contributed by atoms with Crippen LogP contribution in [0.1, 0.15) is 16.1 Å². The van der Waals surface area contributed by atoms with Gasteiger partial charge in [0.1, 0.15) is 0 Å². The predicted octanol–water partition coefficient (Wildman–Crippen LogP) is 2.72. The Morgan fingerprint density at radius 3 is 2.61 bits per heavy atom. The maximum atomic E-state index is 12.3. The molecule has 1 amide bonds. The minimum atomic E-state index is -0.196. The van der Waals surface area contributed by atoms with Crippen LogP contribution < -0.4 is 4.90 Å². The van der Waals surface area contributed by atoms with Crippen LogP contribution in [-0.2, 0) is 0 Å². The highest BCUT2D eigenvalue weighted by molar-refractivity contribution is 6.34. The second kappa shape index (κ2) is 5.14. The second-order valence-corrected chi connectivity index (χ2v) is 4.28. The van der Waals surface area contributed by atoms with Crippen molar-refractivity contribution in [3.8, 4) is 0 Å². The number of aryl methyl sites for hydroxylation is 1. The summed E-state index contributed by atoms with van der Waals surface area (Å²) in [7, 11) is 1.69. The van der Waals surface area contributed by atoms with Crippen LogP contribution in [0.15, 0.2) is 36.8 Å². The normalized spacial score (nSPS) is 10.2. The van der Waals surface area contributed by atoms with Crippen molar-refractivity contribution in [2.24, 2.45) is 0 Å². The third-order valence-corrected chi connectivity index (χ3v) is 2.89.